The minimum atomic E-state index is -4.53. The first kappa shape index (κ1) is 21.1. The van der Waals surface area contributed by atoms with Crippen molar-refractivity contribution < 1.29 is 27.4 Å². The van der Waals surface area contributed by atoms with E-state index in [1.807, 2.05) is 6.92 Å². The molecule has 0 heterocycles. The summed E-state index contributed by atoms with van der Waals surface area (Å²) in [7, 11) is 1.50. The Balaban J connectivity index is 2.24. The number of ether oxygens (including phenoxy) is 2. The zero-order valence-electron chi connectivity index (χ0n) is 14.8. The molecule has 0 spiro atoms. The predicted molar refractivity (Wildman–Crippen MR) is 97.3 cm³/mol. The van der Waals surface area contributed by atoms with E-state index >= 15 is 0 Å². The minimum Gasteiger partial charge on any atom is -0.496 e. The number of hydrogen-bond donors (Lipinski definition) is 1. The van der Waals surface area contributed by atoms with Crippen molar-refractivity contribution in [2.45, 2.75) is 26.1 Å². The second-order valence-electron chi connectivity index (χ2n) is 5.73. The molecule has 27 heavy (non-hydrogen) atoms. The molecule has 2 rings (SSSR count). The van der Waals surface area contributed by atoms with E-state index in [9.17, 15) is 18.0 Å². The van der Waals surface area contributed by atoms with Gasteiger partial charge in [-0.05, 0) is 42.8 Å². The number of amides is 1. The molecule has 0 fully saturated rings. The second kappa shape index (κ2) is 9.10. The fraction of sp³-hybridized carbons (Fsp3) is 0.316. The van der Waals surface area contributed by atoms with Gasteiger partial charge in [0.25, 0.3) is 5.91 Å². The Hall–Kier alpha value is -2.25. The molecular weight excluding hydrogens is 383 g/mol. The van der Waals surface area contributed by atoms with Crippen LogP contribution in [0.4, 0.5) is 18.9 Å². The van der Waals surface area contributed by atoms with Crippen molar-refractivity contribution in [3.05, 3.63) is 58.1 Å². The minimum absolute atomic E-state index is 0.0105. The summed E-state index contributed by atoms with van der Waals surface area (Å²) in [4.78, 5) is 12.5. The first-order valence-corrected chi connectivity index (χ1v) is 8.56. The maximum atomic E-state index is 12.9. The van der Waals surface area contributed by atoms with E-state index in [4.69, 9.17) is 21.1 Å². The monoisotopic (exact) mass is 401 g/mol. The highest BCUT2D eigenvalue weighted by Gasteiger charge is 2.31. The van der Waals surface area contributed by atoms with Crippen LogP contribution in [0.3, 0.4) is 0 Å². The second-order valence-corrected chi connectivity index (χ2v) is 6.13. The summed E-state index contributed by atoms with van der Waals surface area (Å²) < 4.78 is 49.3. The molecule has 0 radical (unpaired) electrons. The van der Waals surface area contributed by atoms with Gasteiger partial charge in [-0.15, -0.1) is 0 Å². The lowest BCUT2D eigenvalue weighted by Crippen LogP contribution is -2.14. The number of benzene rings is 2. The summed E-state index contributed by atoms with van der Waals surface area (Å²) in [5.41, 5.74) is -0.102. The summed E-state index contributed by atoms with van der Waals surface area (Å²) in [6.45, 7) is 2.78. The smallest absolute Gasteiger partial charge is 0.416 e. The van der Waals surface area contributed by atoms with Crippen molar-refractivity contribution in [2.24, 2.45) is 0 Å². The molecule has 1 N–H and O–H groups in total. The average molecular weight is 402 g/mol. The topological polar surface area (TPSA) is 47.6 Å². The van der Waals surface area contributed by atoms with Crippen molar-refractivity contribution in [1.29, 1.82) is 0 Å². The van der Waals surface area contributed by atoms with Gasteiger partial charge in [0.2, 0.25) is 0 Å². The Morgan fingerprint density at radius 2 is 1.93 bits per heavy atom. The Bertz CT molecular complexity index is 809. The van der Waals surface area contributed by atoms with Crippen LogP contribution in [0.5, 0.6) is 5.75 Å². The van der Waals surface area contributed by atoms with Gasteiger partial charge < -0.3 is 14.8 Å². The van der Waals surface area contributed by atoms with Gasteiger partial charge in [0.15, 0.2) is 0 Å². The van der Waals surface area contributed by atoms with E-state index in [-0.39, 0.29) is 22.9 Å². The van der Waals surface area contributed by atoms with Crippen LogP contribution in [0.1, 0.15) is 34.8 Å². The van der Waals surface area contributed by atoms with Crippen LogP contribution in [0.15, 0.2) is 36.4 Å². The Morgan fingerprint density at radius 3 is 2.56 bits per heavy atom. The molecular formula is C19H19ClF3NO3. The standard InChI is InChI=1S/C19H19ClF3NO3/c1-3-8-27-11-13-9-12(4-7-17(13)26-2)18(25)24-16-10-14(19(21,22)23)5-6-15(16)20/h4-7,9-10H,3,8,11H2,1-2H3,(H,24,25). The Morgan fingerprint density at radius 1 is 1.19 bits per heavy atom. The molecule has 0 aromatic heterocycles. The number of nitrogens with one attached hydrogen (secondary N) is 1. The van der Waals surface area contributed by atoms with Crippen LogP contribution in [0.2, 0.25) is 5.02 Å². The van der Waals surface area contributed by atoms with Crippen LogP contribution in [-0.4, -0.2) is 19.6 Å². The molecule has 2 aromatic rings. The fourth-order valence-corrected chi connectivity index (χ4v) is 2.52. The number of carbonyl (C=O) groups is 1. The number of methoxy groups -OCH3 is 1. The van der Waals surface area contributed by atoms with E-state index < -0.39 is 17.6 Å². The van der Waals surface area contributed by atoms with E-state index in [1.165, 1.54) is 13.2 Å². The molecule has 4 nitrogen and oxygen atoms in total. The van der Waals surface area contributed by atoms with E-state index in [2.05, 4.69) is 5.32 Å². The summed E-state index contributed by atoms with van der Waals surface area (Å²) in [5.74, 6) is -0.0321. The van der Waals surface area contributed by atoms with Crippen molar-refractivity contribution in [1.82, 2.24) is 0 Å². The average Bonchev–Trinajstić information content (AvgIpc) is 2.62. The van der Waals surface area contributed by atoms with Gasteiger partial charge in [0.1, 0.15) is 5.75 Å². The Kier molecular flexibility index (Phi) is 7.10. The summed E-state index contributed by atoms with van der Waals surface area (Å²) in [6, 6.07) is 7.44. The maximum Gasteiger partial charge on any atom is 0.416 e. The van der Waals surface area contributed by atoms with Gasteiger partial charge in [-0.3, -0.25) is 4.79 Å². The highest BCUT2D eigenvalue weighted by Crippen LogP contribution is 2.34. The van der Waals surface area contributed by atoms with Gasteiger partial charge in [-0.2, -0.15) is 13.2 Å². The summed E-state index contributed by atoms with van der Waals surface area (Å²) >= 11 is 5.92. The molecule has 0 atom stereocenters. The van der Waals surface area contributed by atoms with Gasteiger partial charge in [-0.1, -0.05) is 18.5 Å². The van der Waals surface area contributed by atoms with Crippen LogP contribution < -0.4 is 10.1 Å². The largest absolute Gasteiger partial charge is 0.496 e. The predicted octanol–water partition coefficient (Wildman–Crippen LogP) is 5.55. The van der Waals surface area contributed by atoms with Crippen LogP contribution in [-0.2, 0) is 17.5 Å². The van der Waals surface area contributed by atoms with Gasteiger partial charge in [0.05, 0.1) is 30.0 Å². The quantitative estimate of drug-likeness (QED) is 0.619. The van der Waals surface area contributed by atoms with E-state index in [0.717, 1.165) is 24.6 Å². The van der Waals surface area contributed by atoms with Crippen LogP contribution in [0, 0.1) is 0 Å². The van der Waals surface area contributed by atoms with Gasteiger partial charge >= 0.3 is 6.18 Å². The van der Waals surface area contributed by atoms with Gasteiger partial charge in [0, 0.05) is 17.7 Å². The molecule has 0 aliphatic carbocycles. The van der Waals surface area contributed by atoms with Crippen LogP contribution in [0.25, 0.3) is 0 Å². The van der Waals surface area contributed by atoms with Crippen molar-refractivity contribution in [2.75, 3.05) is 19.0 Å². The van der Waals surface area contributed by atoms with Crippen LogP contribution >= 0.6 is 11.6 Å². The third kappa shape index (κ3) is 5.61. The van der Waals surface area contributed by atoms with E-state index in [0.29, 0.717) is 17.9 Å². The molecule has 0 bridgehead atoms. The molecule has 8 heteroatoms. The van der Waals surface area contributed by atoms with Crippen molar-refractivity contribution >= 4 is 23.2 Å². The highest BCUT2D eigenvalue weighted by atomic mass is 35.5. The number of hydrogen-bond acceptors (Lipinski definition) is 3. The number of alkyl halides is 3. The molecule has 0 saturated heterocycles. The number of anilines is 1. The van der Waals surface area contributed by atoms with Gasteiger partial charge in [-0.25, -0.2) is 0 Å². The highest BCUT2D eigenvalue weighted by molar-refractivity contribution is 6.34. The Labute approximate surface area is 160 Å². The first-order chi connectivity index (χ1) is 12.8. The lowest BCUT2D eigenvalue weighted by Gasteiger charge is -2.13. The lowest BCUT2D eigenvalue weighted by molar-refractivity contribution is -0.137. The summed E-state index contributed by atoms with van der Waals surface area (Å²) in [5, 5.41) is 2.43. The molecule has 0 saturated carbocycles. The number of halogens is 4. The fourth-order valence-electron chi connectivity index (χ4n) is 2.35. The third-order valence-electron chi connectivity index (χ3n) is 3.69. The first-order valence-electron chi connectivity index (χ1n) is 8.19. The number of carbonyl (C=O) groups excluding carboxylic acids is 1. The maximum absolute atomic E-state index is 12.9. The molecule has 146 valence electrons. The lowest BCUT2D eigenvalue weighted by atomic mass is 10.1. The zero-order valence-corrected chi connectivity index (χ0v) is 15.6. The molecule has 0 unspecified atom stereocenters. The third-order valence-corrected chi connectivity index (χ3v) is 4.02. The van der Waals surface area contributed by atoms with Crippen molar-refractivity contribution in [3.8, 4) is 5.75 Å². The number of rotatable bonds is 7. The molecule has 2 aromatic carbocycles. The van der Waals surface area contributed by atoms with E-state index in [1.54, 1.807) is 12.1 Å². The summed E-state index contributed by atoms with van der Waals surface area (Å²) in [6.07, 6.45) is -3.69. The molecule has 1 amide bonds. The molecule has 0 aliphatic rings. The van der Waals surface area contributed by atoms with Crippen molar-refractivity contribution in [3.63, 3.8) is 0 Å². The SMILES string of the molecule is CCCOCc1cc(C(=O)Nc2cc(C(F)(F)F)ccc2Cl)ccc1OC. The zero-order chi connectivity index (χ0) is 20.0. The normalized spacial score (nSPS) is 11.3. The molecule has 0 aliphatic heterocycles.